The summed E-state index contributed by atoms with van der Waals surface area (Å²) in [6.07, 6.45) is 6.16. The lowest BCUT2D eigenvalue weighted by molar-refractivity contribution is -0.151. The summed E-state index contributed by atoms with van der Waals surface area (Å²) in [4.78, 5) is 14.1. The summed E-state index contributed by atoms with van der Waals surface area (Å²) < 4.78 is 0. The molecule has 1 saturated carbocycles. The van der Waals surface area contributed by atoms with Crippen LogP contribution in [0.2, 0.25) is 0 Å². The van der Waals surface area contributed by atoms with E-state index in [4.69, 9.17) is 0 Å². The van der Waals surface area contributed by atoms with Gasteiger partial charge in [0.2, 0.25) is 0 Å². The minimum Gasteiger partial charge on any atom is -0.481 e. The van der Waals surface area contributed by atoms with Gasteiger partial charge in [-0.05, 0) is 70.3 Å². The van der Waals surface area contributed by atoms with Crippen molar-refractivity contribution >= 4 is 5.97 Å². The lowest BCUT2D eigenvalue weighted by atomic mass is 9.73. The van der Waals surface area contributed by atoms with Gasteiger partial charge in [-0.25, -0.2) is 0 Å². The number of piperidine rings is 1. The number of aliphatic carboxylic acids is 1. The zero-order chi connectivity index (χ0) is 14.9. The van der Waals surface area contributed by atoms with E-state index in [2.05, 4.69) is 18.7 Å². The minimum absolute atomic E-state index is 0.293. The summed E-state index contributed by atoms with van der Waals surface area (Å²) in [5.74, 6) is 1.28. The maximum atomic E-state index is 11.5. The third-order valence-corrected chi connectivity index (χ3v) is 5.69. The molecular weight excluding hydrogens is 250 g/mol. The maximum absolute atomic E-state index is 11.5. The van der Waals surface area contributed by atoms with E-state index in [1.54, 1.807) is 0 Å². The summed E-state index contributed by atoms with van der Waals surface area (Å²) >= 11 is 0. The van der Waals surface area contributed by atoms with Gasteiger partial charge in [0.1, 0.15) is 0 Å². The fourth-order valence-corrected chi connectivity index (χ4v) is 4.30. The van der Waals surface area contributed by atoms with E-state index in [-0.39, 0.29) is 0 Å². The smallest absolute Gasteiger partial charge is 0.309 e. The molecule has 1 heterocycles. The SMILES string of the molecule is CC1CC(C)CC(N2CCCC(C(C)(C)C(=O)O)C2)C1. The highest BCUT2D eigenvalue weighted by Gasteiger charge is 2.41. The molecule has 3 heteroatoms. The molecule has 2 aliphatic rings. The first kappa shape index (κ1) is 15.8. The van der Waals surface area contributed by atoms with Gasteiger partial charge in [-0.3, -0.25) is 4.79 Å². The number of carbonyl (C=O) groups is 1. The first-order valence-electron chi connectivity index (χ1n) is 8.28. The topological polar surface area (TPSA) is 40.5 Å². The zero-order valence-electron chi connectivity index (χ0n) is 13.6. The molecule has 0 radical (unpaired) electrons. The molecule has 3 unspecified atom stereocenters. The van der Waals surface area contributed by atoms with Gasteiger partial charge < -0.3 is 10.0 Å². The quantitative estimate of drug-likeness (QED) is 0.858. The van der Waals surface area contributed by atoms with Crippen LogP contribution in [-0.2, 0) is 4.79 Å². The van der Waals surface area contributed by atoms with E-state index in [0.29, 0.717) is 12.0 Å². The Bertz CT molecular complexity index is 343. The molecule has 1 N–H and O–H groups in total. The molecular formula is C17H31NO2. The van der Waals surface area contributed by atoms with Crippen molar-refractivity contribution in [3.63, 3.8) is 0 Å². The number of carboxylic acids is 1. The number of hydrogen-bond donors (Lipinski definition) is 1. The Morgan fingerprint density at radius 3 is 2.30 bits per heavy atom. The van der Waals surface area contributed by atoms with Gasteiger partial charge in [0.05, 0.1) is 5.41 Å². The number of nitrogens with zero attached hydrogens (tertiary/aromatic N) is 1. The molecule has 0 aromatic rings. The molecule has 3 nitrogen and oxygen atoms in total. The van der Waals surface area contributed by atoms with Gasteiger partial charge in [0, 0.05) is 12.6 Å². The van der Waals surface area contributed by atoms with Crippen molar-refractivity contribution in [2.75, 3.05) is 13.1 Å². The van der Waals surface area contributed by atoms with Crippen LogP contribution in [0.3, 0.4) is 0 Å². The predicted octanol–water partition coefficient (Wildman–Crippen LogP) is 3.63. The Kier molecular flexibility index (Phi) is 4.78. The van der Waals surface area contributed by atoms with Crippen molar-refractivity contribution in [1.29, 1.82) is 0 Å². The molecule has 0 bridgehead atoms. The molecule has 2 rings (SSSR count). The van der Waals surface area contributed by atoms with Gasteiger partial charge in [0.25, 0.3) is 0 Å². The molecule has 0 aromatic heterocycles. The molecule has 1 aliphatic heterocycles. The molecule has 0 aromatic carbocycles. The van der Waals surface area contributed by atoms with E-state index < -0.39 is 11.4 Å². The largest absolute Gasteiger partial charge is 0.481 e. The summed E-state index contributed by atoms with van der Waals surface area (Å²) in [5, 5.41) is 9.46. The summed E-state index contributed by atoms with van der Waals surface area (Å²) in [7, 11) is 0. The molecule has 0 spiro atoms. The fraction of sp³-hybridized carbons (Fsp3) is 0.941. The molecule has 1 saturated heterocycles. The highest BCUT2D eigenvalue weighted by molar-refractivity contribution is 5.74. The van der Waals surface area contributed by atoms with E-state index in [0.717, 1.165) is 37.8 Å². The monoisotopic (exact) mass is 281 g/mol. The fourth-order valence-electron chi connectivity index (χ4n) is 4.30. The minimum atomic E-state index is -0.644. The second-order valence-electron chi connectivity index (χ2n) is 7.93. The van der Waals surface area contributed by atoms with E-state index in [1.165, 1.54) is 19.3 Å². The van der Waals surface area contributed by atoms with Crippen LogP contribution in [0.5, 0.6) is 0 Å². The highest BCUT2D eigenvalue weighted by atomic mass is 16.4. The Morgan fingerprint density at radius 2 is 1.75 bits per heavy atom. The highest BCUT2D eigenvalue weighted by Crippen LogP contribution is 2.38. The Labute approximate surface area is 123 Å². The zero-order valence-corrected chi connectivity index (χ0v) is 13.6. The molecule has 3 atom stereocenters. The maximum Gasteiger partial charge on any atom is 0.309 e. The van der Waals surface area contributed by atoms with Crippen LogP contribution in [0.4, 0.5) is 0 Å². The lowest BCUT2D eigenvalue weighted by Crippen LogP contribution is -2.50. The number of likely N-dealkylation sites (tertiary alicyclic amines) is 1. The van der Waals surface area contributed by atoms with Crippen LogP contribution in [0.15, 0.2) is 0 Å². The summed E-state index contributed by atoms with van der Waals surface area (Å²) in [5.41, 5.74) is -0.593. The van der Waals surface area contributed by atoms with Crippen LogP contribution in [-0.4, -0.2) is 35.1 Å². The number of hydrogen-bond acceptors (Lipinski definition) is 2. The molecule has 0 amide bonds. The predicted molar refractivity (Wildman–Crippen MR) is 81.7 cm³/mol. The lowest BCUT2D eigenvalue weighted by Gasteiger charge is -2.45. The second-order valence-corrected chi connectivity index (χ2v) is 7.93. The van der Waals surface area contributed by atoms with Crippen molar-refractivity contribution in [1.82, 2.24) is 4.90 Å². The van der Waals surface area contributed by atoms with Gasteiger partial charge >= 0.3 is 5.97 Å². The first-order valence-corrected chi connectivity index (χ1v) is 8.28. The average Bonchev–Trinajstić information content (AvgIpc) is 2.37. The second kappa shape index (κ2) is 6.05. The van der Waals surface area contributed by atoms with Crippen LogP contribution in [0.1, 0.15) is 59.8 Å². The van der Waals surface area contributed by atoms with Crippen LogP contribution < -0.4 is 0 Å². The third kappa shape index (κ3) is 3.36. The van der Waals surface area contributed by atoms with E-state index in [9.17, 15) is 9.90 Å². The number of rotatable bonds is 3. The Hall–Kier alpha value is -0.570. The van der Waals surface area contributed by atoms with Gasteiger partial charge in [-0.2, -0.15) is 0 Å². The van der Waals surface area contributed by atoms with Crippen molar-refractivity contribution in [3.05, 3.63) is 0 Å². The Morgan fingerprint density at radius 1 is 1.15 bits per heavy atom. The van der Waals surface area contributed by atoms with Crippen molar-refractivity contribution in [2.45, 2.75) is 65.8 Å². The Balaban J connectivity index is 2.01. The molecule has 20 heavy (non-hydrogen) atoms. The van der Waals surface area contributed by atoms with E-state index >= 15 is 0 Å². The number of carboxylic acid groups (broad SMARTS) is 1. The standard InChI is InChI=1S/C17H31NO2/c1-12-8-13(2)10-15(9-12)18-7-5-6-14(11-18)17(3,4)16(19)20/h12-15H,5-11H2,1-4H3,(H,19,20). The van der Waals surface area contributed by atoms with Crippen LogP contribution in [0, 0.1) is 23.2 Å². The summed E-state index contributed by atoms with van der Waals surface area (Å²) in [6.45, 7) is 10.7. The van der Waals surface area contributed by atoms with Gasteiger partial charge in [-0.1, -0.05) is 13.8 Å². The normalized spacial score (nSPS) is 36.8. The molecule has 2 fully saturated rings. The third-order valence-electron chi connectivity index (χ3n) is 5.69. The first-order chi connectivity index (χ1) is 9.30. The molecule has 1 aliphatic carbocycles. The average molecular weight is 281 g/mol. The van der Waals surface area contributed by atoms with Crippen molar-refractivity contribution in [2.24, 2.45) is 23.2 Å². The van der Waals surface area contributed by atoms with Crippen LogP contribution in [0.25, 0.3) is 0 Å². The van der Waals surface area contributed by atoms with Crippen molar-refractivity contribution in [3.8, 4) is 0 Å². The van der Waals surface area contributed by atoms with E-state index in [1.807, 2.05) is 13.8 Å². The van der Waals surface area contributed by atoms with Crippen molar-refractivity contribution < 1.29 is 9.90 Å². The van der Waals surface area contributed by atoms with Gasteiger partial charge in [0.15, 0.2) is 0 Å². The van der Waals surface area contributed by atoms with Gasteiger partial charge in [-0.15, -0.1) is 0 Å². The molecule has 116 valence electrons. The van der Waals surface area contributed by atoms with Crippen LogP contribution >= 0.6 is 0 Å². The summed E-state index contributed by atoms with van der Waals surface area (Å²) in [6, 6.07) is 0.682.